The van der Waals surface area contributed by atoms with Crippen LogP contribution in [-0.4, -0.2) is 37.7 Å². The van der Waals surface area contributed by atoms with Gasteiger partial charge in [0.15, 0.2) is 0 Å². The van der Waals surface area contributed by atoms with E-state index in [0.717, 1.165) is 35.0 Å². The van der Waals surface area contributed by atoms with Gasteiger partial charge < -0.3 is 10.1 Å². The Balaban J connectivity index is 1.46. The molecule has 1 N–H and O–H groups in total. The number of thioether (sulfide) groups is 1. The van der Waals surface area contributed by atoms with Crippen molar-refractivity contribution >= 4 is 23.4 Å². The number of anilines is 1. The van der Waals surface area contributed by atoms with Crippen LogP contribution in [0.4, 0.5) is 18.9 Å². The maximum Gasteiger partial charge on any atom is 0.573 e. The van der Waals surface area contributed by atoms with Gasteiger partial charge in [-0.1, -0.05) is 60.3 Å². The van der Waals surface area contributed by atoms with Crippen molar-refractivity contribution in [2.24, 2.45) is 0 Å². The van der Waals surface area contributed by atoms with Crippen LogP contribution in [0.25, 0.3) is 16.8 Å². The summed E-state index contributed by atoms with van der Waals surface area (Å²) in [5.41, 5.74) is 2.95. The lowest BCUT2D eigenvalue weighted by Crippen LogP contribution is -2.23. The van der Waals surface area contributed by atoms with Crippen molar-refractivity contribution in [3.8, 4) is 22.6 Å². The molecule has 34 heavy (non-hydrogen) atoms. The van der Waals surface area contributed by atoms with E-state index in [1.54, 1.807) is 6.92 Å². The molecule has 0 spiro atoms. The van der Waals surface area contributed by atoms with E-state index >= 15 is 0 Å². The van der Waals surface area contributed by atoms with Crippen LogP contribution in [0.1, 0.15) is 6.92 Å². The minimum Gasteiger partial charge on any atom is -0.406 e. The molecule has 11 heteroatoms. The highest BCUT2D eigenvalue weighted by Gasteiger charge is 2.31. The first kappa shape index (κ1) is 23.3. The number of hydrogen-bond acceptors (Lipinski definition) is 6. The van der Waals surface area contributed by atoms with Gasteiger partial charge in [0.25, 0.3) is 0 Å². The van der Waals surface area contributed by atoms with Gasteiger partial charge >= 0.3 is 6.36 Å². The monoisotopic (exact) mass is 485 g/mol. The summed E-state index contributed by atoms with van der Waals surface area (Å²) in [6.45, 7) is 1.71. The third kappa shape index (κ3) is 5.73. The van der Waals surface area contributed by atoms with Gasteiger partial charge in [0.05, 0.1) is 10.9 Å². The van der Waals surface area contributed by atoms with Crippen molar-refractivity contribution in [3.05, 3.63) is 78.9 Å². The van der Waals surface area contributed by atoms with Gasteiger partial charge in [0.2, 0.25) is 11.1 Å². The molecule has 1 heterocycles. The molecule has 1 aromatic heterocycles. The zero-order valence-corrected chi connectivity index (χ0v) is 18.5. The summed E-state index contributed by atoms with van der Waals surface area (Å²) in [5.74, 6) is -0.611. The number of benzene rings is 3. The molecule has 7 nitrogen and oxygen atoms in total. The number of carbonyl (C=O) groups excluding carboxylic acids is 1. The van der Waals surface area contributed by atoms with Crippen LogP contribution >= 0.6 is 11.8 Å². The molecule has 4 rings (SSSR count). The zero-order chi connectivity index (χ0) is 24.1. The third-order valence-electron chi connectivity index (χ3n) is 4.68. The molecule has 0 radical (unpaired) electrons. The lowest BCUT2D eigenvalue weighted by molar-refractivity contribution is -0.274. The molecule has 4 aromatic rings. The molecule has 1 amide bonds. The van der Waals surface area contributed by atoms with E-state index in [1.165, 1.54) is 16.8 Å². The normalized spacial score (nSPS) is 12.2. The quantitative estimate of drug-likeness (QED) is 0.356. The Bertz CT molecular complexity index is 1260. The molecule has 1 atom stereocenters. The van der Waals surface area contributed by atoms with Crippen molar-refractivity contribution in [1.29, 1.82) is 0 Å². The van der Waals surface area contributed by atoms with Crippen LogP contribution < -0.4 is 10.1 Å². The molecule has 0 saturated heterocycles. The Morgan fingerprint density at radius 3 is 2.38 bits per heavy atom. The fourth-order valence-electron chi connectivity index (χ4n) is 3.11. The summed E-state index contributed by atoms with van der Waals surface area (Å²) in [6, 6.07) is 22.3. The largest absolute Gasteiger partial charge is 0.573 e. The topological polar surface area (TPSA) is 81.9 Å². The Hall–Kier alpha value is -3.86. The molecule has 0 aliphatic rings. The summed E-state index contributed by atoms with van der Waals surface area (Å²) in [5, 5.41) is 14.1. The second-order valence-corrected chi connectivity index (χ2v) is 8.38. The van der Waals surface area contributed by atoms with E-state index in [4.69, 9.17) is 0 Å². The number of tetrazole rings is 1. The maximum absolute atomic E-state index is 12.9. The predicted octanol–water partition coefficient (Wildman–Crippen LogP) is 5.35. The summed E-state index contributed by atoms with van der Waals surface area (Å²) >= 11 is 1.12. The van der Waals surface area contributed by atoms with Crippen LogP contribution in [0.15, 0.2) is 84.0 Å². The number of amides is 1. The highest BCUT2D eigenvalue weighted by atomic mass is 32.2. The highest BCUT2D eigenvalue weighted by Crippen LogP contribution is 2.30. The number of hydrogen-bond donors (Lipinski definition) is 1. The number of carbonyl (C=O) groups is 1. The first-order valence-electron chi connectivity index (χ1n) is 10.1. The predicted molar refractivity (Wildman–Crippen MR) is 122 cm³/mol. The van der Waals surface area contributed by atoms with Crippen LogP contribution in [0, 0.1) is 0 Å². The molecule has 0 unspecified atom stereocenters. The number of aromatic nitrogens is 4. The van der Waals surface area contributed by atoms with Crippen LogP contribution in [0.2, 0.25) is 0 Å². The summed E-state index contributed by atoms with van der Waals surface area (Å²) in [7, 11) is 0. The summed E-state index contributed by atoms with van der Waals surface area (Å²) in [6.07, 6.45) is -4.78. The second-order valence-electron chi connectivity index (χ2n) is 7.08. The van der Waals surface area contributed by atoms with E-state index in [9.17, 15) is 18.0 Å². The molecular weight excluding hydrogens is 467 g/mol. The zero-order valence-electron chi connectivity index (χ0n) is 17.7. The standard InChI is InChI=1S/C23H18F3N5O2S/c1-15(21(32)27-20-10-6-5-9-19(20)16-7-3-2-4-8-16)34-22-28-29-30-31(22)17-11-13-18(14-12-17)33-23(24,25)26/h2-15H,1H3,(H,27,32)/t15-/m0/s1. The van der Waals surface area contributed by atoms with E-state index < -0.39 is 11.6 Å². The van der Waals surface area contributed by atoms with Crippen molar-refractivity contribution in [2.75, 3.05) is 5.32 Å². The Morgan fingerprint density at radius 2 is 1.68 bits per heavy atom. The summed E-state index contributed by atoms with van der Waals surface area (Å²) in [4.78, 5) is 12.9. The lowest BCUT2D eigenvalue weighted by atomic mass is 10.0. The molecule has 0 fully saturated rings. The maximum atomic E-state index is 12.9. The minimum absolute atomic E-state index is 0.253. The Labute approximate surface area is 196 Å². The smallest absolute Gasteiger partial charge is 0.406 e. The number of ether oxygens (including phenoxy) is 1. The van der Waals surface area contributed by atoms with Gasteiger partial charge in [-0.25, -0.2) is 0 Å². The number of halogens is 3. The average Bonchev–Trinajstić information content (AvgIpc) is 3.27. The third-order valence-corrected chi connectivity index (χ3v) is 5.71. The van der Waals surface area contributed by atoms with Crippen LogP contribution in [-0.2, 0) is 4.79 Å². The number of nitrogens with zero attached hydrogens (tertiary/aromatic N) is 4. The number of alkyl halides is 3. The van der Waals surface area contributed by atoms with E-state index in [1.807, 2.05) is 54.6 Å². The van der Waals surface area contributed by atoms with Crippen molar-refractivity contribution in [3.63, 3.8) is 0 Å². The van der Waals surface area contributed by atoms with Gasteiger partial charge in [0.1, 0.15) is 5.75 Å². The SMILES string of the molecule is C[C@H](Sc1nnnn1-c1ccc(OC(F)(F)F)cc1)C(=O)Nc1ccccc1-c1ccccc1. The number of nitrogens with one attached hydrogen (secondary N) is 1. The van der Waals surface area contributed by atoms with Crippen molar-refractivity contribution < 1.29 is 22.7 Å². The van der Waals surface area contributed by atoms with E-state index in [-0.39, 0.29) is 11.7 Å². The van der Waals surface area contributed by atoms with Gasteiger partial charge in [-0.05, 0) is 53.2 Å². The van der Waals surface area contributed by atoms with Crippen molar-refractivity contribution in [2.45, 2.75) is 23.7 Å². The molecule has 0 bridgehead atoms. The highest BCUT2D eigenvalue weighted by molar-refractivity contribution is 8.00. The molecule has 0 aliphatic heterocycles. The fraction of sp³-hybridized carbons (Fsp3) is 0.130. The summed E-state index contributed by atoms with van der Waals surface area (Å²) < 4.78 is 42.3. The van der Waals surface area contributed by atoms with Gasteiger partial charge in [-0.2, -0.15) is 4.68 Å². The van der Waals surface area contributed by atoms with Gasteiger partial charge in [-0.15, -0.1) is 18.3 Å². The first-order valence-corrected chi connectivity index (χ1v) is 10.9. The first-order chi connectivity index (χ1) is 16.3. The second kappa shape index (κ2) is 9.96. The van der Waals surface area contributed by atoms with Crippen molar-refractivity contribution in [1.82, 2.24) is 20.2 Å². The van der Waals surface area contributed by atoms with Crippen LogP contribution in [0.5, 0.6) is 5.75 Å². The molecule has 0 aliphatic carbocycles. The van der Waals surface area contributed by atoms with Gasteiger partial charge in [0, 0.05) is 11.3 Å². The Kier molecular flexibility index (Phi) is 6.82. The molecule has 0 saturated carbocycles. The van der Waals surface area contributed by atoms with Gasteiger partial charge in [-0.3, -0.25) is 4.79 Å². The fourth-order valence-corrected chi connectivity index (χ4v) is 3.92. The Morgan fingerprint density at radius 1 is 1.00 bits per heavy atom. The van der Waals surface area contributed by atoms with E-state index in [2.05, 4.69) is 25.6 Å². The molecule has 174 valence electrons. The minimum atomic E-state index is -4.78. The molecular formula is C23H18F3N5O2S. The van der Waals surface area contributed by atoms with E-state index in [0.29, 0.717) is 16.5 Å². The number of rotatable bonds is 7. The molecule has 3 aromatic carbocycles. The lowest BCUT2D eigenvalue weighted by Gasteiger charge is -2.15. The van der Waals surface area contributed by atoms with Crippen LogP contribution in [0.3, 0.4) is 0 Å². The number of para-hydroxylation sites is 1. The average molecular weight is 485 g/mol.